The van der Waals surface area contributed by atoms with Gasteiger partial charge in [0.05, 0.1) is 60.4 Å². The molecular formula is C59H103NO12. The molecule has 4 fully saturated rings. The Hall–Kier alpha value is -2.13. The summed E-state index contributed by atoms with van der Waals surface area (Å²) in [5, 5.41) is 36.3. The zero-order valence-corrected chi connectivity index (χ0v) is 46.9. The van der Waals surface area contributed by atoms with E-state index in [1.165, 1.54) is 70.6 Å². The molecule has 0 bridgehead atoms. The Morgan fingerprint density at radius 3 is 1.93 bits per heavy atom. The smallest absolute Gasteiger partial charge is 0.407 e. The Morgan fingerprint density at radius 2 is 1.36 bits per heavy atom. The van der Waals surface area contributed by atoms with Crippen LogP contribution in [0.15, 0.2) is 12.2 Å². The van der Waals surface area contributed by atoms with E-state index in [9.17, 15) is 29.7 Å². The first-order chi connectivity index (χ1) is 34.2. The fraction of sp³-hybridized carbons (Fsp3) is 0.915. The van der Waals surface area contributed by atoms with Crippen molar-refractivity contribution in [1.29, 1.82) is 0 Å². The van der Waals surface area contributed by atoms with Crippen molar-refractivity contribution >= 4 is 17.8 Å². The second-order valence-corrected chi connectivity index (χ2v) is 23.8. The van der Waals surface area contributed by atoms with Crippen molar-refractivity contribution in [3.63, 3.8) is 0 Å². The zero-order valence-electron chi connectivity index (χ0n) is 46.9. The molecule has 18 atom stereocenters. The molecule has 0 aromatic rings. The quantitative estimate of drug-likeness (QED) is 0.0431. The molecule has 0 saturated carbocycles. The fourth-order valence-electron chi connectivity index (χ4n) is 13.3. The van der Waals surface area contributed by atoms with Crippen molar-refractivity contribution in [1.82, 2.24) is 5.32 Å². The molecule has 0 radical (unpaired) electrons. The van der Waals surface area contributed by atoms with Crippen molar-refractivity contribution in [2.75, 3.05) is 6.61 Å². The molecule has 5 aliphatic rings. The lowest BCUT2D eigenvalue weighted by molar-refractivity contribution is -0.398. The van der Waals surface area contributed by atoms with Crippen LogP contribution in [-0.2, 0) is 38.0 Å². The lowest BCUT2D eigenvalue weighted by atomic mass is 9.72. The Kier molecular flexibility index (Phi) is 23.4. The van der Waals surface area contributed by atoms with Gasteiger partial charge in [-0.05, 0) is 96.0 Å². The van der Waals surface area contributed by atoms with Crippen LogP contribution in [0.3, 0.4) is 0 Å². The molecule has 416 valence electrons. The van der Waals surface area contributed by atoms with Crippen LogP contribution in [-0.4, -0.2) is 105 Å². The Labute approximate surface area is 435 Å². The van der Waals surface area contributed by atoms with E-state index >= 15 is 0 Å². The normalized spacial score (nSPS) is 37.0. The molecule has 5 heterocycles. The van der Waals surface area contributed by atoms with Gasteiger partial charge >= 0.3 is 12.1 Å². The fourth-order valence-corrected chi connectivity index (χ4v) is 13.3. The molecule has 0 aromatic carbocycles. The predicted molar refractivity (Wildman–Crippen MR) is 281 cm³/mol. The van der Waals surface area contributed by atoms with Crippen LogP contribution in [0.25, 0.3) is 0 Å². The van der Waals surface area contributed by atoms with Gasteiger partial charge in [0, 0.05) is 30.1 Å². The number of ketones is 1. The van der Waals surface area contributed by atoms with Crippen LogP contribution < -0.4 is 5.32 Å². The van der Waals surface area contributed by atoms with Crippen molar-refractivity contribution in [2.45, 2.75) is 296 Å². The van der Waals surface area contributed by atoms with E-state index < -0.39 is 95.1 Å². The van der Waals surface area contributed by atoms with Crippen LogP contribution in [0.2, 0.25) is 0 Å². The van der Waals surface area contributed by atoms with E-state index in [2.05, 4.69) is 33.0 Å². The minimum atomic E-state index is -1.36. The van der Waals surface area contributed by atoms with Gasteiger partial charge in [-0.25, -0.2) is 4.79 Å². The second-order valence-electron chi connectivity index (χ2n) is 23.8. The molecule has 2 spiro atoms. The van der Waals surface area contributed by atoms with Crippen LogP contribution in [0, 0.1) is 41.4 Å². The number of nitrogens with one attached hydrogen (secondary N) is 1. The number of aliphatic carboxylic acids is 1. The number of amides is 1. The van der Waals surface area contributed by atoms with Gasteiger partial charge < -0.3 is 49.1 Å². The van der Waals surface area contributed by atoms with Gasteiger partial charge in [-0.1, -0.05) is 152 Å². The number of alkyl carbamates (subject to hydrolysis) is 1. The number of carbonyl (C=O) groups excluding carboxylic acids is 2. The molecule has 72 heavy (non-hydrogen) atoms. The molecular weight excluding hydrogens is 915 g/mol. The van der Waals surface area contributed by atoms with Crippen molar-refractivity contribution < 1.29 is 58.1 Å². The summed E-state index contributed by atoms with van der Waals surface area (Å²) < 4.78 is 40.6. The number of hydrogen-bond donors (Lipinski definition) is 4. The van der Waals surface area contributed by atoms with E-state index in [1.54, 1.807) is 6.92 Å². The van der Waals surface area contributed by atoms with Crippen LogP contribution in [0.4, 0.5) is 4.79 Å². The summed E-state index contributed by atoms with van der Waals surface area (Å²) in [6, 6.07) is -0.719. The zero-order chi connectivity index (χ0) is 52.9. The van der Waals surface area contributed by atoms with E-state index in [0.29, 0.717) is 64.4 Å². The lowest BCUT2D eigenvalue weighted by Gasteiger charge is -2.55. The summed E-state index contributed by atoms with van der Waals surface area (Å²) in [6.45, 7) is 22.4. The number of rotatable bonds is 28. The van der Waals surface area contributed by atoms with Crippen LogP contribution >= 0.6 is 0 Å². The molecule has 5 rings (SSSR count). The highest BCUT2D eigenvalue weighted by atomic mass is 16.8. The maximum atomic E-state index is 14.8. The van der Waals surface area contributed by atoms with Gasteiger partial charge in [0.1, 0.15) is 11.8 Å². The molecule has 5 aliphatic heterocycles. The highest BCUT2D eigenvalue weighted by Gasteiger charge is 2.63. The van der Waals surface area contributed by atoms with Gasteiger partial charge in [-0.2, -0.15) is 0 Å². The van der Waals surface area contributed by atoms with Gasteiger partial charge in [-0.15, -0.1) is 0 Å². The number of aliphatic hydroxyl groups excluding tert-OH is 1. The number of aliphatic hydroxyl groups is 2. The summed E-state index contributed by atoms with van der Waals surface area (Å²) in [5.74, 6) is -6.06. The SMILES string of the molecule is CCCCCCCCCCCCCCCCOC(=O)N[C@@H]1C=C[C@]2(O[C@H](C(CC)C(=O)[C@@H](C)[C@@H](O)[C@H](C)[C@@H]3O[C@@H]([C@@H](CC)C(=O)O)CC[C@@H]3C)[C@@H](C)C[C@H]2C)O[C@@]12CC[C@@](C)([C@H]1CC[C@](O)(CC)[C@H](C)O1)O2. The van der Waals surface area contributed by atoms with Gasteiger partial charge in [0.2, 0.25) is 0 Å². The highest BCUT2D eigenvalue weighted by molar-refractivity contribution is 5.84. The summed E-state index contributed by atoms with van der Waals surface area (Å²) in [7, 11) is 0. The lowest BCUT2D eigenvalue weighted by Crippen LogP contribution is -2.65. The molecule has 1 unspecified atom stereocenters. The molecule has 0 aromatic heterocycles. The highest BCUT2D eigenvalue weighted by Crippen LogP contribution is 2.54. The van der Waals surface area contributed by atoms with Crippen molar-refractivity contribution in [3.8, 4) is 0 Å². The van der Waals surface area contributed by atoms with Gasteiger partial charge in [0.15, 0.2) is 11.6 Å². The number of carboxylic acid groups (broad SMARTS) is 1. The second kappa shape index (κ2) is 27.8. The van der Waals surface area contributed by atoms with Crippen molar-refractivity contribution in [2.24, 2.45) is 41.4 Å². The molecule has 13 heteroatoms. The summed E-state index contributed by atoms with van der Waals surface area (Å²) >= 11 is 0. The molecule has 4 N–H and O–H groups in total. The summed E-state index contributed by atoms with van der Waals surface area (Å²) in [4.78, 5) is 40.5. The first-order valence-corrected chi connectivity index (χ1v) is 29.4. The largest absolute Gasteiger partial charge is 0.481 e. The predicted octanol–water partition coefficient (Wildman–Crippen LogP) is 12.4. The molecule has 0 aliphatic carbocycles. The third kappa shape index (κ3) is 14.9. The number of Topliss-reactive ketones (excluding diaryl/α,β-unsaturated/α-hetero) is 1. The van der Waals surface area contributed by atoms with E-state index in [-0.39, 0.29) is 29.6 Å². The minimum absolute atomic E-state index is 0.0244. The Bertz CT molecular complexity index is 1710. The number of hydrogen-bond acceptors (Lipinski definition) is 11. The first-order valence-electron chi connectivity index (χ1n) is 29.4. The Morgan fingerprint density at radius 1 is 0.750 bits per heavy atom. The standard InChI is InChI=1S/C59H103NO12/c1-12-16-17-18-19-20-21-22-23-24-25-26-27-28-37-67-55(65)60-48-31-34-58(72-59(48)36-35-56(11,71-59)49-32-33-57(66,15-4)44(10)68-49)41(7)38-40(6)53(70-58)46(14-3)51(62)42(8)50(61)43(9)52-39(5)29-30-47(69-52)45(13-2)54(63)64/h31,34,39-50,52-53,61,66H,12-30,32-33,35-38H2,1-11H3,(H,60,65)(H,63,64)/t39-,40-,41+,42-,43-,44-,45+,46?,47+,48+,49+,50+,52+,53-,56-,57+,58-,59-/m0/s1. The molecule has 4 saturated heterocycles. The maximum Gasteiger partial charge on any atom is 0.407 e. The van der Waals surface area contributed by atoms with Crippen molar-refractivity contribution in [3.05, 3.63) is 12.2 Å². The summed E-state index contributed by atoms with van der Waals surface area (Å²) in [5.41, 5.74) is -1.73. The average molecular weight is 1020 g/mol. The van der Waals surface area contributed by atoms with E-state index in [4.69, 9.17) is 28.4 Å². The van der Waals surface area contributed by atoms with E-state index in [1.807, 2.05) is 53.7 Å². The molecule has 1 amide bonds. The topological polar surface area (TPSA) is 179 Å². The molecule has 13 nitrogen and oxygen atoms in total. The number of ether oxygens (including phenoxy) is 6. The van der Waals surface area contributed by atoms with E-state index in [0.717, 1.165) is 25.7 Å². The van der Waals surface area contributed by atoms with Gasteiger partial charge in [0.25, 0.3) is 0 Å². The van der Waals surface area contributed by atoms with Crippen LogP contribution in [0.5, 0.6) is 0 Å². The minimum Gasteiger partial charge on any atom is -0.481 e. The third-order valence-electron chi connectivity index (χ3n) is 18.5. The average Bonchev–Trinajstić information content (AvgIpc) is 3.70. The maximum absolute atomic E-state index is 14.8. The Balaban J connectivity index is 1.26. The number of carboxylic acids is 1. The first kappa shape index (κ1) is 60.7. The number of unbranched alkanes of at least 4 members (excludes halogenated alkanes) is 13. The van der Waals surface area contributed by atoms with Crippen LogP contribution in [0.1, 0.15) is 230 Å². The summed E-state index contributed by atoms with van der Waals surface area (Å²) in [6.07, 6.45) is 23.4. The third-order valence-corrected chi connectivity index (χ3v) is 18.5. The monoisotopic (exact) mass is 1020 g/mol. The number of carbonyl (C=O) groups is 3. The van der Waals surface area contributed by atoms with Gasteiger partial charge in [-0.3, -0.25) is 9.59 Å².